The molecule has 0 bridgehead atoms. The first-order chi connectivity index (χ1) is 19.5. The Bertz CT molecular complexity index is 1190. The number of ether oxygens (including phenoxy) is 3. The first-order valence-electron chi connectivity index (χ1n) is 14.0. The van der Waals surface area contributed by atoms with Crippen LogP contribution in [-0.2, 0) is 32.2 Å². The predicted octanol–water partition coefficient (Wildman–Crippen LogP) is 6.88. The maximum Gasteiger partial charge on any atom is 0.305 e. The second kappa shape index (κ2) is 15.5. The fourth-order valence-electron chi connectivity index (χ4n) is 5.26. The Labute approximate surface area is 236 Å². The SMILES string of the molecule is COC(=O)CCCC=CC[C@@H]1[C@@H](COCc2ccc(F)cc2)[C@H](O)C[C@@H]1OCc1ccc(-c2ccccc2)cc1. The monoisotopic (exact) mass is 546 g/mol. The Kier molecular flexibility index (Phi) is 11.5. The summed E-state index contributed by atoms with van der Waals surface area (Å²) in [7, 11) is 1.40. The van der Waals surface area contributed by atoms with Crippen LogP contribution in [0.3, 0.4) is 0 Å². The molecular formula is C34H39FO5. The minimum absolute atomic E-state index is 0.0781. The van der Waals surface area contributed by atoms with Gasteiger partial charge in [-0.3, -0.25) is 4.79 Å². The molecule has 0 unspecified atom stereocenters. The molecule has 0 spiro atoms. The Morgan fingerprint density at radius 3 is 2.30 bits per heavy atom. The van der Waals surface area contributed by atoms with Crippen molar-refractivity contribution in [2.24, 2.45) is 11.8 Å². The van der Waals surface area contributed by atoms with Gasteiger partial charge in [0, 0.05) is 18.8 Å². The zero-order valence-electron chi connectivity index (χ0n) is 23.1. The summed E-state index contributed by atoms with van der Waals surface area (Å²) in [5.74, 6) is -0.465. The van der Waals surface area contributed by atoms with E-state index in [1.54, 1.807) is 12.1 Å². The van der Waals surface area contributed by atoms with Crippen LogP contribution >= 0.6 is 0 Å². The fourth-order valence-corrected chi connectivity index (χ4v) is 5.26. The quantitative estimate of drug-likeness (QED) is 0.136. The molecule has 1 N–H and O–H groups in total. The molecule has 5 nitrogen and oxygen atoms in total. The summed E-state index contributed by atoms with van der Waals surface area (Å²) in [4.78, 5) is 11.4. The molecule has 6 heteroatoms. The van der Waals surface area contributed by atoms with Crippen LogP contribution in [0, 0.1) is 17.7 Å². The number of hydrogen-bond donors (Lipinski definition) is 1. The van der Waals surface area contributed by atoms with Gasteiger partial charge in [0.1, 0.15) is 5.82 Å². The maximum absolute atomic E-state index is 13.2. The van der Waals surface area contributed by atoms with E-state index in [0.717, 1.165) is 36.0 Å². The summed E-state index contributed by atoms with van der Waals surface area (Å²) in [6.07, 6.45) is 6.79. The Morgan fingerprint density at radius 2 is 1.57 bits per heavy atom. The first-order valence-corrected chi connectivity index (χ1v) is 14.0. The van der Waals surface area contributed by atoms with Crippen LogP contribution in [-0.4, -0.2) is 37.0 Å². The number of carbonyl (C=O) groups excluding carboxylic acids is 1. The second-order valence-electron chi connectivity index (χ2n) is 10.4. The topological polar surface area (TPSA) is 65.0 Å². The number of esters is 1. The highest BCUT2D eigenvalue weighted by atomic mass is 19.1. The number of halogens is 1. The van der Waals surface area contributed by atoms with E-state index in [4.69, 9.17) is 14.2 Å². The normalized spacial score (nSPS) is 20.7. The molecule has 212 valence electrons. The van der Waals surface area contributed by atoms with Crippen molar-refractivity contribution in [3.05, 3.63) is 108 Å². The van der Waals surface area contributed by atoms with Crippen molar-refractivity contribution < 1.29 is 28.5 Å². The van der Waals surface area contributed by atoms with Crippen molar-refractivity contribution in [2.75, 3.05) is 13.7 Å². The Balaban J connectivity index is 1.35. The lowest BCUT2D eigenvalue weighted by molar-refractivity contribution is -0.140. The number of benzene rings is 3. The van der Waals surface area contributed by atoms with Crippen molar-refractivity contribution in [3.8, 4) is 11.1 Å². The highest BCUT2D eigenvalue weighted by molar-refractivity contribution is 5.69. The molecule has 1 aliphatic carbocycles. The summed E-state index contributed by atoms with van der Waals surface area (Å²) in [5, 5.41) is 11.0. The zero-order valence-corrected chi connectivity index (χ0v) is 23.1. The van der Waals surface area contributed by atoms with Gasteiger partial charge in [0.05, 0.1) is 39.1 Å². The zero-order chi connectivity index (χ0) is 28.2. The van der Waals surface area contributed by atoms with Crippen molar-refractivity contribution in [1.29, 1.82) is 0 Å². The number of allylic oxidation sites excluding steroid dienone is 2. The Hall–Kier alpha value is -3.32. The van der Waals surface area contributed by atoms with Crippen molar-refractivity contribution in [2.45, 2.75) is 57.5 Å². The summed E-state index contributed by atoms with van der Waals surface area (Å²) >= 11 is 0. The largest absolute Gasteiger partial charge is 0.469 e. The number of hydrogen-bond acceptors (Lipinski definition) is 5. The summed E-state index contributed by atoms with van der Waals surface area (Å²) in [5.41, 5.74) is 4.31. The molecule has 0 heterocycles. The number of carbonyl (C=O) groups is 1. The van der Waals surface area contributed by atoms with Gasteiger partial charge in [0.15, 0.2) is 0 Å². The summed E-state index contributed by atoms with van der Waals surface area (Å²) < 4.78 is 30.3. The molecule has 1 fully saturated rings. The molecule has 3 aromatic rings. The molecule has 3 aromatic carbocycles. The lowest BCUT2D eigenvalue weighted by Gasteiger charge is -2.25. The highest BCUT2D eigenvalue weighted by Gasteiger charge is 2.42. The molecule has 1 aliphatic rings. The third-order valence-electron chi connectivity index (χ3n) is 7.57. The van der Waals surface area contributed by atoms with Crippen molar-refractivity contribution >= 4 is 5.97 Å². The third-order valence-corrected chi connectivity index (χ3v) is 7.57. The van der Waals surface area contributed by atoms with E-state index in [2.05, 4.69) is 48.6 Å². The van der Waals surface area contributed by atoms with E-state index in [1.165, 1.54) is 24.8 Å². The number of rotatable bonds is 14. The van der Waals surface area contributed by atoms with E-state index in [0.29, 0.717) is 32.7 Å². The lowest BCUT2D eigenvalue weighted by Crippen LogP contribution is -2.27. The number of aliphatic hydroxyl groups excluding tert-OH is 1. The molecule has 1 saturated carbocycles. The van der Waals surface area contributed by atoms with Crippen LogP contribution in [0.1, 0.15) is 43.2 Å². The van der Waals surface area contributed by atoms with Crippen LogP contribution in [0.4, 0.5) is 4.39 Å². The standard InChI is InChI=1S/C34H39FO5/c1-38-34(37)12-8-3-2-7-11-30-31(24-39-22-25-15-19-29(35)20-16-25)32(36)21-33(30)40-23-26-13-17-28(18-14-26)27-9-5-4-6-10-27/h2,4-7,9-10,13-20,30-33,36H,3,8,11-12,21-24H2,1H3/t30-,31-,32-,33+/m1/s1. The first kappa shape index (κ1) is 29.7. The highest BCUT2D eigenvalue weighted by Crippen LogP contribution is 2.38. The average Bonchev–Trinajstić information content (AvgIpc) is 3.28. The van der Waals surface area contributed by atoms with Crippen LogP contribution in [0.2, 0.25) is 0 Å². The maximum atomic E-state index is 13.2. The predicted molar refractivity (Wildman–Crippen MR) is 154 cm³/mol. The van der Waals surface area contributed by atoms with E-state index in [1.807, 2.05) is 18.2 Å². The van der Waals surface area contributed by atoms with Gasteiger partial charge in [-0.05, 0) is 59.6 Å². The van der Waals surface area contributed by atoms with Gasteiger partial charge in [-0.15, -0.1) is 0 Å². The average molecular weight is 547 g/mol. The van der Waals surface area contributed by atoms with E-state index < -0.39 is 6.10 Å². The van der Waals surface area contributed by atoms with Crippen LogP contribution in [0.25, 0.3) is 11.1 Å². The number of unbranched alkanes of at least 4 members (excludes halogenated alkanes) is 1. The summed E-state index contributed by atoms with van der Waals surface area (Å²) in [6, 6.07) is 24.9. The van der Waals surface area contributed by atoms with Crippen molar-refractivity contribution in [1.82, 2.24) is 0 Å². The van der Waals surface area contributed by atoms with E-state index in [-0.39, 0.29) is 29.7 Å². The van der Waals surface area contributed by atoms with Crippen LogP contribution in [0.15, 0.2) is 91.0 Å². The van der Waals surface area contributed by atoms with E-state index in [9.17, 15) is 14.3 Å². The minimum Gasteiger partial charge on any atom is -0.469 e. The van der Waals surface area contributed by atoms with Gasteiger partial charge in [-0.2, -0.15) is 0 Å². The molecule has 0 amide bonds. The van der Waals surface area contributed by atoms with Gasteiger partial charge in [-0.1, -0.05) is 78.9 Å². The van der Waals surface area contributed by atoms with Gasteiger partial charge >= 0.3 is 5.97 Å². The molecule has 0 radical (unpaired) electrons. The van der Waals surface area contributed by atoms with Crippen molar-refractivity contribution in [3.63, 3.8) is 0 Å². The molecule has 4 atom stereocenters. The fraction of sp³-hybridized carbons (Fsp3) is 0.382. The van der Waals surface area contributed by atoms with Gasteiger partial charge in [0.25, 0.3) is 0 Å². The number of methoxy groups -OCH3 is 1. The lowest BCUT2D eigenvalue weighted by atomic mass is 9.91. The van der Waals surface area contributed by atoms with Crippen LogP contribution < -0.4 is 0 Å². The molecular weight excluding hydrogens is 507 g/mol. The second-order valence-corrected chi connectivity index (χ2v) is 10.4. The minimum atomic E-state index is -0.531. The molecule has 0 aliphatic heterocycles. The molecule has 40 heavy (non-hydrogen) atoms. The third kappa shape index (κ3) is 8.85. The van der Waals surface area contributed by atoms with E-state index >= 15 is 0 Å². The number of aliphatic hydroxyl groups is 1. The molecule has 0 aromatic heterocycles. The van der Waals surface area contributed by atoms with Gasteiger partial charge < -0.3 is 19.3 Å². The van der Waals surface area contributed by atoms with Gasteiger partial charge in [-0.25, -0.2) is 4.39 Å². The van der Waals surface area contributed by atoms with Gasteiger partial charge in [0.2, 0.25) is 0 Å². The molecule has 4 rings (SSSR count). The molecule has 0 saturated heterocycles. The summed E-state index contributed by atoms with van der Waals surface area (Å²) in [6.45, 7) is 1.22. The Morgan fingerprint density at radius 1 is 0.900 bits per heavy atom. The smallest absolute Gasteiger partial charge is 0.305 e. The van der Waals surface area contributed by atoms with Crippen LogP contribution in [0.5, 0.6) is 0 Å².